The molecule has 9 nitrogen and oxygen atoms in total. The average molecular weight is 442 g/mol. The molecule has 0 bridgehead atoms. The van der Waals surface area contributed by atoms with E-state index in [0.717, 1.165) is 0 Å². The largest absolute Gasteiger partial charge is 0.493 e. The van der Waals surface area contributed by atoms with E-state index in [1.807, 2.05) is 0 Å². The summed E-state index contributed by atoms with van der Waals surface area (Å²) in [6, 6.07) is 7.79. The van der Waals surface area contributed by atoms with Crippen molar-refractivity contribution in [2.24, 2.45) is 5.90 Å². The first-order valence-corrected chi connectivity index (χ1v) is 9.45. The Balaban J connectivity index is 0.00000176. The van der Waals surface area contributed by atoms with Gasteiger partial charge in [0.2, 0.25) is 0 Å². The molecular weight excluding hydrogens is 419 g/mol. The molecule has 2 aromatic carbocycles. The summed E-state index contributed by atoms with van der Waals surface area (Å²) >= 11 is 0. The van der Waals surface area contributed by atoms with Crippen LogP contribution in [-0.4, -0.2) is 41.5 Å². The number of aromatic nitrogens is 2. The Morgan fingerprint density at radius 1 is 1.25 bits per heavy atom. The van der Waals surface area contributed by atoms with Gasteiger partial charge >= 0.3 is 5.97 Å². The number of hydrogen-bond acceptors (Lipinski definition) is 9. The van der Waals surface area contributed by atoms with Crippen molar-refractivity contribution >= 4 is 28.4 Å². The summed E-state index contributed by atoms with van der Waals surface area (Å²) in [6.07, 6.45) is 6.84. The van der Waals surface area contributed by atoms with Crippen LogP contribution in [0.2, 0.25) is 0 Å². The van der Waals surface area contributed by atoms with Gasteiger partial charge in [-0.2, -0.15) is 0 Å². The van der Waals surface area contributed by atoms with Crippen LogP contribution < -0.4 is 20.7 Å². The minimum Gasteiger partial charge on any atom is -0.493 e. The lowest BCUT2D eigenvalue weighted by Crippen LogP contribution is -2.10. The zero-order valence-corrected chi connectivity index (χ0v) is 17.6. The van der Waals surface area contributed by atoms with E-state index in [2.05, 4.69) is 27.1 Å². The zero-order chi connectivity index (χ0) is 23.5. The summed E-state index contributed by atoms with van der Waals surface area (Å²) in [7, 11) is 1.51. The minimum atomic E-state index is -0.474. The smallest absolute Gasteiger partial charge is 0.309 e. The van der Waals surface area contributed by atoms with Crippen LogP contribution in [0.1, 0.15) is 18.9 Å². The summed E-state index contributed by atoms with van der Waals surface area (Å²) in [5, 5.41) is 10.3. The molecule has 3 aromatic rings. The van der Waals surface area contributed by atoms with Crippen LogP contribution in [0.3, 0.4) is 0 Å². The SMILES string of the molecule is C#Cc1cc(Nc2ncnc3cc(OC)c(OCCC(=O)OCC)cc23)ccc1F.NO. The molecule has 0 atom stereocenters. The van der Waals surface area contributed by atoms with Crippen molar-refractivity contribution in [3.05, 3.63) is 48.0 Å². The fourth-order valence-electron chi connectivity index (χ4n) is 2.76. The second-order valence-corrected chi connectivity index (χ2v) is 6.11. The predicted octanol–water partition coefficient (Wildman–Crippen LogP) is 3.17. The topological polar surface area (TPSA) is 129 Å². The number of halogens is 1. The highest BCUT2D eigenvalue weighted by molar-refractivity contribution is 5.93. The first-order valence-electron chi connectivity index (χ1n) is 9.45. The van der Waals surface area contributed by atoms with Crippen molar-refractivity contribution in [1.82, 2.24) is 9.97 Å². The van der Waals surface area contributed by atoms with Crippen molar-refractivity contribution in [2.45, 2.75) is 13.3 Å². The molecule has 168 valence electrons. The van der Waals surface area contributed by atoms with E-state index in [9.17, 15) is 9.18 Å². The monoisotopic (exact) mass is 442 g/mol. The molecule has 1 heterocycles. The second kappa shape index (κ2) is 12.0. The molecule has 0 spiro atoms. The van der Waals surface area contributed by atoms with Crippen molar-refractivity contribution < 1.29 is 28.6 Å². The molecular formula is C22H23FN4O5. The Bertz CT molecular complexity index is 1120. The maximum absolute atomic E-state index is 13.7. The molecule has 4 N–H and O–H groups in total. The maximum atomic E-state index is 13.7. The summed E-state index contributed by atoms with van der Waals surface area (Å²) in [5.74, 6) is 6.35. The lowest BCUT2D eigenvalue weighted by molar-refractivity contribution is -0.143. The molecule has 0 saturated heterocycles. The zero-order valence-electron chi connectivity index (χ0n) is 17.6. The number of rotatable bonds is 8. The number of ether oxygens (including phenoxy) is 3. The van der Waals surface area contributed by atoms with Gasteiger partial charge in [-0.3, -0.25) is 4.79 Å². The van der Waals surface area contributed by atoms with E-state index in [-0.39, 0.29) is 24.6 Å². The van der Waals surface area contributed by atoms with E-state index in [1.54, 1.807) is 25.1 Å². The summed E-state index contributed by atoms with van der Waals surface area (Å²) < 4.78 is 29.7. The number of nitrogens with zero attached hydrogens (tertiary/aromatic N) is 2. The molecule has 1 aromatic heterocycles. The third-order valence-electron chi connectivity index (χ3n) is 4.17. The first-order chi connectivity index (χ1) is 15.5. The van der Waals surface area contributed by atoms with Gasteiger partial charge in [-0.1, -0.05) is 5.92 Å². The number of hydrogen-bond donors (Lipinski definition) is 3. The molecule has 32 heavy (non-hydrogen) atoms. The number of carbonyl (C=O) groups excluding carboxylic acids is 1. The van der Waals surface area contributed by atoms with Crippen LogP contribution >= 0.6 is 0 Å². The number of terminal acetylenes is 1. The fraction of sp³-hybridized carbons (Fsp3) is 0.227. The summed E-state index contributed by atoms with van der Waals surface area (Å²) in [6.45, 7) is 2.18. The quantitative estimate of drug-likeness (QED) is 0.274. The van der Waals surface area contributed by atoms with Crippen molar-refractivity contribution in [3.63, 3.8) is 0 Å². The predicted molar refractivity (Wildman–Crippen MR) is 116 cm³/mol. The van der Waals surface area contributed by atoms with Gasteiger partial charge in [0, 0.05) is 17.1 Å². The Morgan fingerprint density at radius 2 is 2.03 bits per heavy atom. The molecule has 0 saturated carbocycles. The van der Waals surface area contributed by atoms with Crippen molar-refractivity contribution in [1.29, 1.82) is 0 Å². The molecule has 0 radical (unpaired) electrons. The van der Waals surface area contributed by atoms with Gasteiger partial charge in [0.25, 0.3) is 0 Å². The van der Waals surface area contributed by atoms with Crippen molar-refractivity contribution in [2.75, 3.05) is 25.6 Å². The Kier molecular flexibility index (Phi) is 9.16. The number of esters is 1. The Morgan fingerprint density at radius 3 is 2.72 bits per heavy atom. The normalized spacial score (nSPS) is 9.88. The lowest BCUT2D eigenvalue weighted by atomic mass is 10.1. The molecule has 0 unspecified atom stereocenters. The van der Waals surface area contributed by atoms with Crippen LogP contribution in [-0.2, 0) is 9.53 Å². The molecule has 0 fully saturated rings. The maximum Gasteiger partial charge on any atom is 0.309 e. The molecule has 0 aliphatic heterocycles. The third-order valence-corrected chi connectivity index (χ3v) is 4.17. The average Bonchev–Trinajstić information content (AvgIpc) is 2.81. The minimum absolute atomic E-state index is 0.107. The van der Waals surface area contributed by atoms with Gasteiger partial charge in [0.05, 0.1) is 37.8 Å². The van der Waals surface area contributed by atoms with Crippen LogP contribution in [0, 0.1) is 18.2 Å². The third kappa shape index (κ3) is 6.04. The fourth-order valence-corrected chi connectivity index (χ4v) is 2.76. The van der Waals surface area contributed by atoms with Crippen LogP contribution in [0.15, 0.2) is 36.7 Å². The highest BCUT2D eigenvalue weighted by Crippen LogP contribution is 2.35. The number of anilines is 2. The van der Waals surface area contributed by atoms with E-state index in [1.165, 1.54) is 25.6 Å². The number of methoxy groups -OCH3 is 1. The number of nitrogens with two attached hydrogens (primary N) is 1. The van der Waals surface area contributed by atoms with E-state index >= 15 is 0 Å². The van der Waals surface area contributed by atoms with Gasteiger partial charge < -0.3 is 24.7 Å². The summed E-state index contributed by atoms with van der Waals surface area (Å²) in [5.41, 5.74) is 1.33. The van der Waals surface area contributed by atoms with E-state index < -0.39 is 5.82 Å². The van der Waals surface area contributed by atoms with Crippen molar-refractivity contribution in [3.8, 4) is 23.8 Å². The van der Waals surface area contributed by atoms with Gasteiger partial charge in [-0.25, -0.2) is 20.3 Å². The molecule has 0 aliphatic carbocycles. The van der Waals surface area contributed by atoms with Gasteiger partial charge in [-0.05, 0) is 31.2 Å². The first kappa shape index (κ1) is 24.3. The highest BCUT2D eigenvalue weighted by Gasteiger charge is 2.13. The van der Waals surface area contributed by atoms with Crippen LogP contribution in [0.25, 0.3) is 10.9 Å². The van der Waals surface area contributed by atoms with Gasteiger partial charge in [0.1, 0.15) is 18.0 Å². The molecule has 0 aliphatic rings. The van der Waals surface area contributed by atoms with Gasteiger partial charge in [-0.15, -0.1) is 6.42 Å². The number of benzene rings is 2. The van der Waals surface area contributed by atoms with Crippen LogP contribution in [0.4, 0.5) is 15.9 Å². The molecule has 10 heteroatoms. The van der Waals surface area contributed by atoms with E-state index in [4.69, 9.17) is 25.8 Å². The standard InChI is InChI=1S/C22H20FN3O4.H3NO/c1-4-14-10-15(6-7-17(14)23)26-22-16-11-20(30-9-8-21(27)29-5-2)19(28-3)12-18(16)24-13-25-22;1-2/h1,6-7,10-13H,5,8-9H2,2-3H3,(H,24,25,26);2H,1H2. The molecule has 3 rings (SSSR count). The lowest BCUT2D eigenvalue weighted by Gasteiger charge is -2.14. The Hall–Kier alpha value is -3.94. The Labute approximate surface area is 184 Å². The van der Waals surface area contributed by atoms with Gasteiger partial charge in [0.15, 0.2) is 11.5 Å². The number of fused-ring (bicyclic) bond motifs is 1. The summed E-state index contributed by atoms with van der Waals surface area (Å²) in [4.78, 5) is 20.1. The highest BCUT2D eigenvalue weighted by atomic mass is 19.1. The van der Waals surface area contributed by atoms with Crippen LogP contribution in [0.5, 0.6) is 11.5 Å². The van der Waals surface area contributed by atoms with E-state index in [0.29, 0.717) is 40.5 Å². The number of carbonyl (C=O) groups is 1. The molecule has 0 amide bonds. The number of nitrogens with one attached hydrogen (secondary N) is 1. The second-order valence-electron chi connectivity index (χ2n) is 6.11.